The van der Waals surface area contributed by atoms with Crippen LogP contribution in [0.3, 0.4) is 0 Å². The monoisotopic (exact) mass is 208 g/mol. The van der Waals surface area contributed by atoms with Crippen LogP contribution in [0.2, 0.25) is 0 Å². The Kier molecular flexibility index (Phi) is 1.93. The van der Waals surface area contributed by atoms with Gasteiger partial charge in [0.05, 0.1) is 18.8 Å². The van der Waals surface area contributed by atoms with Crippen LogP contribution in [0.4, 0.5) is 0 Å². The molecule has 2 bridgehead atoms. The normalized spacial score (nSPS) is 45.0. The lowest BCUT2D eigenvalue weighted by atomic mass is 9.89. The Labute approximate surface area is 89.4 Å². The van der Waals surface area contributed by atoms with Gasteiger partial charge in [-0.2, -0.15) is 0 Å². The van der Waals surface area contributed by atoms with Crippen molar-refractivity contribution in [3.63, 3.8) is 0 Å². The minimum absolute atomic E-state index is 0.258. The van der Waals surface area contributed by atoms with E-state index in [1.165, 1.54) is 12.8 Å². The molecule has 5 unspecified atom stereocenters. The van der Waals surface area contributed by atoms with Gasteiger partial charge in [-0.05, 0) is 37.5 Å². The van der Waals surface area contributed by atoms with Gasteiger partial charge < -0.3 is 9.47 Å². The fourth-order valence-electron chi connectivity index (χ4n) is 3.23. The highest BCUT2D eigenvalue weighted by atomic mass is 16.6. The van der Waals surface area contributed by atoms with Crippen LogP contribution in [0.1, 0.15) is 19.8 Å². The summed E-state index contributed by atoms with van der Waals surface area (Å²) in [6.07, 6.45) is 3.51. The topological polar surface area (TPSA) is 38.8 Å². The van der Waals surface area contributed by atoms with Gasteiger partial charge in [-0.25, -0.2) is 4.79 Å². The molecule has 1 saturated heterocycles. The van der Waals surface area contributed by atoms with E-state index in [-0.39, 0.29) is 5.97 Å². The van der Waals surface area contributed by atoms with E-state index in [9.17, 15) is 4.79 Å². The van der Waals surface area contributed by atoms with E-state index in [4.69, 9.17) is 9.47 Å². The molecule has 3 nitrogen and oxygen atoms in total. The van der Waals surface area contributed by atoms with Crippen molar-refractivity contribution in [2.24, 2.45) is 17.8 Å². The predicted molar refractivity (Wildman–Crippen MR) is 54.1 cm³/mol. The minimum atomic E-state index is -0.258. The number of hydrogen-bond acceptors (Lipinski definition) is 3. The second-order valence-corrected chi connectivity index (χ2v) is 5.10. The van der Waals surface area contributed by atoms with Crippen LogP contribution < -0.4 is 0 Å². The number of fused-ring (bicyclic) bond motifs is 5. The summed E-state index contributed by atoms with van der Waals surface area (Å²) in [6.45, 7) is 5.81. The maximum absolute atomic E-state index is 11.2. The Hall–Kier alpha value is -0.830. The third-order valence-electron chi connectivity index (χ3n) is 4.01. The lowest BCUT2D eigenvalue weighted by Gasteiger charge is -2.18. The lowest BCUT2D eigenvalue weighted by molar-refractivity contribution is -0.140. The summed E-state index contributed by atoms with van der Waals surface area (Å²) < 4.78 is 10.8. The van der Waals surface area contributed by atoms with Gasteiger partial charge in [-0.3, -0.25) is 0 Å². The van der Waals surface area contributed by atoms with Crippen LogP contribution in [0.5, 0.6) is 0 Å². The fourth-order valence-corrected chi connectivity index (χ4v) is 3.23. The Morgan fingerprint density at radius 1 is 1.47 bits per heavy atom. The Morgan fingerprint density at radius 3 is 2.87 bits per heavy atom. The molecule has 3 rings (SSSR count). The van der Waals surface area contributed by atoms with Crippen molar-refractivity contribution in [2.45, 2.75) is 32.0 Å². The maximum Gasteiger partial charge on any atom is 0.333 e. The zero-order valence-corrected chi connectivity index (χ0v) is 8.94. The largest absolute Gasteiger partial charge is 0.462 e. The average Bonchev–Trinajstić information content (AvgIpc) is 2.82. The summed E-state index contributed by atoms with van der Waals surface area (Å²) in [4.78, 5) is 11.2. The van der Waals surface area contributed by atoms with Crippen molar-refractivity contribution in [3.05, 3.63) is 12.2 Å². The quantitative estimate of drug-likeness (QED) is 0.401. The summed E-state index contributed by atoms with van der Waals surface area (Å²) in [6, 6.07) is 0. The van der Waals surface area contributed by atoms with Gasteiger partial charge >= 0.3 is 5.97 Å². The second-order valence-electron chi connectivity index (χ2n) is 5.10. The first-order valence-corrected chi connectivity index (χ1v) is 5.65. The third-order valence-corrected chi connectivity index (χ3v) is 4.01. The number of carbonyl (C=O) groups excluding carboxylic acids is 1. The van der Waals surface area contributed by atoms with E-state index < -0.39 is 0 Å². The summed E-state index contributed by atoms with van der Waals surface area (Å²) in [5.41, 5.74) is 0.485. The molecule has 82 valence electrons. The van der Waals surface area contributed by atoms with Gasteiger partial charge in [0, 0.05) is 5.57 Å². The number of esters is 1. The number of carbonyl (C=O) groups is 1. The van der Waals surface area contributed by atoms with Gasteiger partial charge in [0.1, 0.15) is 0 Å². The minimum Gasteiger partial charge on any atom is -0.462 e. The van der Waals surface area contributed by atoms with Crippen molar-refractivity contribution < 1.29 is 14.3 Å². The van der Waals surface area contributed by atoms with E-state index >= 15 is 0 Å². The van der Waals surface area contributed by atoms with Crippen molar-refractivity contribution in [2.75, 3.05) is 6.61 Å². The van der Waals surface area contributed by atoms with Crippen LogP contribution in [0.15, 0.2) is 12.2 Å². The zero-order valence-electron chi connectivity index (χ0n) is 8.94. The predicted octanol–water partition coefficient (Wildman–Crippen LogP) is 1.53. The highest BCUT2D eigenvalue weighted by molar-refractivity contribution is 5.86. The van der Waals surface area contributed by atoms with E-state index in [1.54, 1.807) is 6.92 Å². The molecule has 0 aromatic rings. The van der Waals surface area contributed by atoms with Crippen LogP contribution in [0.25, 0.3) is 0 Å². The number of hydrogen-bond donors (Lipinski definition) is 0. The molecule has 0 radical (unpaired) electrons. The van der Waals surface area contributed by atoms with Crippen LogP contribution in [0, 0.1) is 17.8 Å². The number of ether oxygens (including phenoxy) is 2. The molecule has 0 spiro atoms. The van der Waals surface area contributed by atoms with Crippen molar-refractivity contribution >= 4 is 5.97 Å². The van der Waals surface area contributed by atoms with Gasteiger partial charge in [0.25, 0.3) is 0 Å². The molecule has 3 heteroatoms. The summed E-state index contributed by atoms with van der Waals surface area (Å²) in [5.74, 6) is 1.67. The zero-order chi connectivity index (χ0) is 10.6. The number of epoxide rings is 1. The molecular weight excluding hydrogens is 192 g/mol. The number of rotatable bonds is 3. The van der Waals surface area contributed by atoms with Crippen LogP contribution >= 0.6 is 0 Å². The van der Waals surface area contributed by atoms with E-state index in [2.05, 4.69) is 6.58 Å². The van der Waals surface area contributed by atoms with Crippen molar-refractivity contribution in [3.8, 4) is 0 Å². The average molecular weight is 208 g/mol. The van der Waals surface area contributed by atoms with E-state index in [0.717, 1.165) is 5.92 Å². The molecular formula is C12H16O3. The molecule has 0 aromatic carbocycles. The molecule has 0 N–H and O–H groups in total. The van der Waals surface area contributed by atoms with Crippen LogP contribution in [-0.2, 0) is 14.3 Å². The Bertz CT molecular complexity index is 323. The van der Waals surface area contributed by atoms with Gasteiger partial charge in [0.2, 0.25) is 0 Å². The summed E-state index contributed by atoms with van der Waals surface area (Å²) >= 11 is 0. The Morgan fingerprint density at radius 2 is 2.27 bits per heavy atom. The Balaban J connectivity index is 1.53. The first-order chi connectivity index (χ1) is 7.16. The summed E-state index contributed by atoms with van der Waals surface area (Å²) in [5, 5.41) is 0. The van der Waals surface area contributed by atoms with Crippen molar-refractivity contribution in [1.82, 2.24) is 0 Å². The van der Waals surface area contributed by atoms with E-state index in [0.29, 0.717) is 36.2 Å². The molecule has 3 fully saturated rings. The van der Waals surface area contributed by atoms with Crippen LogP contribution in [-0.4, -0.2) is 24.8 Å². The molecule has 0 amide bonds. The summed E-state index contributed by atoms with van der Waals surface area (Å²) in [7, 11) is 0. The smallest absolute Gasteiger partial charge is 0.333 e. The SMILES string of the molecule is C=C(C)C(=O)OCC1CC2CC1C1OC21. The molecule has 0 aromatic heterocycles. The molecule has 1 heterocycles. The lowest BCUT2D eigenvalue weighted by Crippen LogP contribution is -2.23. The van der Waals surface area contributed by atoms with Crippen molar-refractivity contribution in [1.29, 1.82) is 0 Å². The molecule has 3 aliphatic rings. The second kappa shape index (κ2) is 3.08. The maximum atomic E-state index is 11.2. The molecule has 15 heavy (non-hydrogen) atoms. The molecule has 2 saturated carbocycles. The fraction of sp³-hybridized carbons (Fsp3) is 0.750. The molecule has 1 aliphatic heterocycles. The molecule has 2 aliphatic carbocycles. The van der Waals surface area contributed by atoms with E-state index in [1.807, 2.05) is 0 Å². The standard InChI is InChI=1S/C12H16O3/c1-6(2)12(13)14-5-8-3-7-4-9(8)11-10(7)15-11/h7-11H,1,3-5H2,2H3. The highest BCUT2D eigenvalue weighted by Gasteiger charge is 2.63. The first-order valence-electron chi connectivity index (χ1n) is 5.65. The molecule has 5 atom stereocenters. The van der Waals surface area contributed by atoms with Gasteiger partial charge in [-0.1, -0.05) is 6.58 Å². The van der Waals surface area contributed by atoms with Gasteiger partial charge in [-0.15, -0.1) is 0 Å². The third kappa shape index (κ3) is 1.41. The first kappa shape index (κ1) is 9.40. The van der Waals surface area contributed by atoms with Gasteiger partial charge in [0.15, 0.2) is 0 Å². The highest BCUT2D eigenvalue weighted by Crippen LogP contribution is 2.58.